The monoisotopic (exact) mass is 164 g/mol. The molecule has 1 aromatic rings. The average molecular weight is 164 g/mol. The Balaban J connectivity index is 3.18. The van der Waals surface area contributed by atoms with E-state index >= 15 is 0 Å². The van der Waals surface area contributed by atoms with Gasteiger partial charge in [-0.15, -0.1) is 0 Å². The molecule has 62 valence electrons. The Morgan fingerprint density at radius 3 is 2.67 bits per heavy atom. The summed E-state index contributed by atoms with van der Waals surface area (Å²) < 4.78 is 0. The van der Waals surface area contributed by atoms with Gasteiger partial charge in [0.05, 0.1) is 0 Å². The maximum absolute atomic E-state index is 10.4. The molecule has 0 atom stereocenters. The second-order valence-electron chi connectivity index (χ2n) is 2.15. The minimum atomic E-state index is -0.00574. The molecule has 0 fully saturated rings. The van der Waals surface area contributed by atoms with E-state index in [1.165, 1.54) is 6.07 Å². The van der Waals surface area contributed by atoms with Crippen LogP contribution < -0.4 is 5.84 Å². The summed E-state index contributed by atoms with van der Waals surface area (Å²) in [7, 11) is 0. The van der Waals surface area contributed by atoms with Gasteiger partial charge in [0.25, 0.3) is 0 Å². The van der Waals surface area contributed by atoms with Crippen molar-refractivity contribution < 1.29 is 9.90 Å². The van der Waals surface area contributed by atoms with E-state index in [9.17, 15) is 9.90 Å². The van der Waals surface area contributed by atoms with Gasteiger partial charge in [-0.05, 0) is 12.1 Å². The first-order valence-electron chi connectivity index (χ1n) is 3.31. The van der Waals surface area contributed by atoms with Crippen molar-refractivity contribution in [3.63, 3.8) is 0 Å². The van der Waals surface area contributed by atoms with Crippen LogP contribution in [0.1, 0.15) is 5.56 Å². The molecule has 3 N–H and O–H groups in total. The van der Waals surface area contributed by atoms with Gasteiger partial charge in [-0.1, -0.05) is 12.1 Å². The Morgan fingerprint density at radius 1 is 1.50 bits per heavy atom. The average Bonchev–Trinajstić information content (AvgIpc) is 2.10. The first-order chi connectivity index (χ1) is 5.79. The SMILES string of the molecule is NN=C(C=O)c1ccccc1O. The molecule has 1 aromatic carbocycles. The number of rotatable bonds is 2. The molecular weight excluding hydrogens is 156 g/mol. The number of para-hydroxylation sites is 1. The van der Waals surface area contributed by atoms with Gasteiger partial charge in [0, 0.05) is 5.56 Å². The van der Waals surface area contributed by atoms with Crippen LogP contribution in [-0.4, -0.2) is 17.1 Å². The van der Waals surface area contributed by atoms with Gasteiger partial charge < -0.3 is 10.9 Å². The molecular formula is C8H8N2O2. The minimum Gasteiger partial charge on any atom is -0.507 e. The molecule has 0 bridgehead atoms. The Bertz CT molecular complexity index is 321. The zero-order valence-corrected chi connectivity index (χ0v) is 6.27. The third-order valence-corrected chi connectivity index (χ3v) is 1.43. The van der Waals surface area contributed by atoms with Crippen molar-refractivity contribution in [2.75, 3.05) is 0 Å². The maximum atomic E-state index is 10.4. The lowest BCUT2D eigenvalue weighted by Crippen LogP contribution is -2.05. The van der Waals surface area contributed by atoms with Crippen molar-refractivity contribution in [1.82, 2.24) is 0 Å². The summed E-state index contributed by atoms with van der Waals surface area (Å²) in [6.45, 7) is 0. The number of nitrogens with zero attached hydrogens (tertiary/aromatic N) is 1. The fraction of sp³-hybridized carbons (Fsp3) is 0. The van der Waals surface area contributed by atoms with Crippen molar-refractivity contribution in [2.45, 2.75) is 0 Å². The summed E-state index contributed by atoms with van der Waals surface area (Å²) in [5.41, 5.74) is 0.378. The molecule has 0 amide bonds. The topological polar surface area (TPSA) is 75.7 Å². The lowest BCUT2D eigenvalue weighted by Gasteiger charge is -1.99. The summed E-state index contributed by atoms with van der Waals surface area (Å²) in [5, 5.41) is 12.5. The summed E-state index contributed by atoms with van der Waals surface area (Å²) in [4.78, 5) is 10.4. The normalized spacial score (nSPS) is 11.2. The zero-order chi connectivity index (χ0) is 8.97. The quantitative estimate of drug-likeness (QED) is 0.285. The van der Waals surface area contributed by atoms with Crippen molar-refractivity contribution in [1.29, 1.82) is 0 Å². The lowest BCUT2D eigenvalue weighted by atomic mass is 10.1. The highest BCUT2D eigenvalue weighted by atomic mass is 16.3. The number of hydrogen-bond donors (Lipinski definition) is 2. The first-order valence-corrected chi connectivity index (χ1v) is 3.31. The van der Waals surface area contributed by atoms with E-state index in [4.69, 9.17) is 5.84 Å². The molecule has 0 saturated heterocycles. The third-order valence-electron chi connectivity index (χ3n) is 1.43. The van der Waals surface area contributed by atoms with Crippen molar-refractivity contribution in [3.8, 4) is 5.75 Å². The summed E-state index contributed by atoms with van der Waals surface area (Å²) in [6.07, 6.45) is 0.495. The summed E-state index contributed by atoms with van der Waals surface area (Å²) >= 11 is 0. The fourth-order valence-electron chi connectivity index (χ4n) is 0.854. The number of carbonyl (C=O) groups is 1. The minimum absolute atomic E-state index is 0.00574. The molecule has 0 aromatic heterocycles. The molecule has 4 heteroatoms. The molecule has 0 unspecified atom stereocenters. The Morgan fingerprint density at radius 2 is 2.17 bits per heavy atom. The predicted molar refractivity (Wildman–Crippen MR) is 44.9 cm³/mol. The predicted octanol–water partition coefficient (Wildman–Crippen LogP) is 0.254. The fourth-order valence-corrected chi connectivity index (χ4v) is 0.854. The van der Waals surface area contributed by atoms with E-state index in [1.54, 1.807) is 18.2 Å². The van der Waals surface area contributed by atoms with Crippen LogP contribution in [-0.2, 0) is 4.79 Å². The van der Waals surface area contributed by atoms with Crippen LogP contribution in [0.5, 0.6) is 5.75 Å². The molecule has 0 radical (unpaired) electrons. The van der Waals surface area contributed by atoms with E-state index in [0.717, 1.165) is 0 Å². The van der Waals surface area contributed by atoms with Gasteiger partial charge in [-0.25, -0.2) is 0 Å². The number of phenols is 1. The van der Waals surface area contributed by atoms with Gasteiger partial charge in [0.1, 0.15) is 11.5 Å². The van der Waals surface area contributed by atoms with Gasteiger partial charge >= 0.3 is 0 Å². The summed E-state index contributed by atoms with van der Waals surface area (Å²) in [6, 6.07) is 6.36. The van der Waals surface area contributed by atoms with Crippen molar-refractivity contribution >= 4 is 12.0 Å². The van der Waals surface area contributed by atoms with E-state index in [2.05, 4.69) is 5.10 Å². The van der Waals surface area contributed by atoms with Crippen molar-refractivity contribution in [2.24, 2.45) is 10.9 Å². The molecule has 0 heterocycles. The Labute approximate surface area is 69.3 Å². The number of phenolic OH excluding ortho intramolecular Hbond substituents is 1. The van der Waals surface area contributed by atoms with Gasteiger partial charge in [-0.2, -0.15) is 5.10 Å². The Hall–Kier alpha value is -1.84. The highest BCUT2D eigenvalue weighted by Crippen LogP contribution is 2.15. The number of benzene rings is 1. The van der Waals surface area contributed by atoms with Crippen LogP contribution in [0.4, 0.5) is 0 Å². The van der Waals surface area contributed by atoms with Crippen LogP contribution in [0.3, 0.4) is 0 Å². The van der Waals surface area contributed by atoms with Gasteiger partial charge in [0.15, 0.2) is 6.29 Å². The second kappa shape index (κ2) is 3.52. The van der Waals surface area contributed by atoms with E-state index < -0.39 is 0 Å². The molecule has 0 aliphatic carbocycles. The highest BCUT2D eigenvalue weighted by Gasteiger charge is 2.05. The smallest absolute Gasteiger partial charge is 0.170 e. The van der Waals surface area contributed by atoms with Gasteiger partial charge in [-0.3, -0.25) is 4.79 Å². The number of aldehydes is 1. The molecule has 12 heavy (non-hydrogen) atoms. The summed E-state index contributed by atoms with van der Waals surface area (Å²) in [5.74, 6) is 4.92. The number of nitrogens with two attached hydrogens (primary N) is 1. The maximum Gasteiger partial charge on any atom is 0.170 e. The van der Waals surface area contributed by atoms with E-state index in [0.29, 0.717) is 11.8 Å². The van der Waals surface area contributed by atoms with Crippen LogP contribution in [0.25, 0.3) is 0 Å². The lowest BCUT2D eigenvalue weighted by molar-refractivity contribution is -0.102. The first kappa shape index (κ1) is 8.26. The molecule has 0 saturated carbocycles. The van der Waals surface area contributed by atoms with Crippen LogP contribution in [0.15, 0.2) is 29.4 Å². The van der Waals surface area contributed by atoms with Crippen LogP contribution in [0, 0.1) is 0 Å². The molecule has 0 aliphatic rings. The Kier molecular flexibility index (Phi) is 2.42. The molecule has 4 nitrogen and oxygen atoms in total. The van der Waals surface area contributed by atoms with Gasteiger partial charge in [0.2, 0.25) is 0 Å². The highest BCUT2D eigenvalue weighted by molar-refractivity contribution is 6.36. The number of hydrogen-bond acceptors (Lipinski definition) is 4. The second-order valence-corrected chi connectivity index (χ2v) is 2.15. The zero-order valence-electron chi connectivity index (χ0n) is 6.27. The standard InChI is InChI=1S/C8H8N2O2/c9-10-7(5-11)6-3-1-2-4-8(6)12/h1-5,12H,9H2. The molecule has 0 spiro atoms. The van der Waals surface area contributed by atoms with E-state index in [-0.39, 0.29) is 11.5 Å². The molecule has 1 rings (SSSR count). The number of hydrazone groups is 1. The largest absolute Gasteiger partial charge is 0.507 e. The van der Waals surface area contributed by atoms with E-state index in [1.807, 2.05) is 0 Å². The third kappa shape index (κ3) is 1.42. The number of carbonyl (C=O) groups excluding carboxylic acids is 1. The number of aromatic hydroxyl groups is 1. The molecule has 0 aliphatic heterocycles. The van der Waals surface area contributed by atoms with Crippen molar-refractivity contribution in [3.05, 3.63) is 29.8 Å². The van der Waals surface area contributed by atoms with Crippen LogP contribution >= 0.6 is 0 Å². The van der Waals surface area contributed by atoms with Crippen LogP contribution in [0.2, 0.25) is 0 Å².